The summed E-state index contributed by atoms with van der Waals surface area (Å²) >= 11 is 0. The van der Waals surface area contributed by atoms with Crippen molar-refractivity contribution >= 4 is 0 Å². The van der Waals surface area contributed by atoms with Crippen molar-refractivity contribution in [2.24, 2.45) is 11.8 Å². The minimum Gasteiger partial charge on any atom is -0.505 e. The molecule has 9 heavy (non-hydrogen) atoms. The molecule has 1 atom stereocenters. The van der Waals surface area contributed by atoms with Crippen LogP contribution in [0, 0.1) is 11.8 Å². The van der Waals surface area contributed by atoms with Gasteiger partial charge in [0.25, 0.3) is 0 Å². The third kappa shape index (κ3) is 4.07. The van der Waals surface area contributed by atoms with Gasteiger partial charge in [0, 0.05) is 0 Å². The third-order valence-corrected chi connectivity index (χ3v) is 1.57. The van der Waals surface area contributed by atoms with Crippen molar-refractivity contribution in [3.8, 4) is 0 Å². The van der Waals surface area contributed by atoms with E-state index in [0.29, 0.717) is 11.8 Å². The summed E-state index contributed by atoms with van der Waals surface area (Å²) in [5.74, 6) is 1.32. The molecule has 0 rings (SSSR count). The van der Waals surface area contributed by atoms with Gasteiger partial charge in [0.2, 0.25) is 0 Å². The minimum atomic E-state index is 0.616. The molecule has 0 aliphatic carbocycles. The van der Waals surface area contributed by atoms with Crippen LogP contribution in [-0.4, -0.2) is 7.11 Å². The molecule has 1 unspecified atom stereocenters. The molecule has 0 aromatic heterocycles. The Morgan fingerprint density at radius 2 is 1.78 bits per heavy atom. The first-order valence-corrected chi connectivity index (χ1v) is 3.38. The first-order valence-electron chi connectivity index (χ1n) is 3.38. The molecule has 0 heterocycles. The molecule has 0 bridgehead atoms. The Hall–Kier alpha value is -0.460. The Morgan fingerprint density at radius 3 is 2.11 bits per heavy atom. The lowest BCUT2D eigenvalue weighted by Gasteiger charge is -2.08. The lowest BCUT2D eigenvalue weighted by molar-refractivity contribution is 0.331. The van der Waals surface area contributed by atoms with Gasteiger partial charge in [-0.1, -0.05) is 20.8 Å². The second-order valence-corrected chi connectivity index (χ2v) is 2.67. The average molecular weight is 128 g/mol. The van der Waals surface area contributed by atoms with Gasteiger partial charge < -0.3 is 4.74 Å². The van der Waals surface area contributed by atoms with Gasteiger partial charge >= 0.3 is 0 Å². The van der Waals surface area contributed by atoms with E-state index in [9.17, 15) is 0 Å². The van der Waals surface area contributed by atoms with Gasteiger partial charge in [-0.3, -0.25) is 0 Å². The summed E-state index contributed by atoms with van der Waals surface area (Å²) in [5, 5.41) is 0. The molecule has 0 aromatic carbocycles. The second-order valence-electron chi connectivity index (χ2n) is 2.67. The average Bonchev–Trinajstić information content (AvgIpc) is 1.82. The lowest BCUT2D eigenvalue weighted by atomic mass is 9.99. The van der Waals surface area contributed by atoms with Crippen LogP contribution in [0.15, 0.2) is 12.3 Å². The molecular weight excluding hydrogens is 112 g/mol. The summed E-state index contributed by atoms with van der Waals surface area (Å²) in [6.07, 6.45) is 3.81. The highest BCUT2D eigenvalue weighted by Crippen LogP contribution is 2.10. The standard InChI is InChI=1S/C8H16O/c1-7(2)8(3)5-6-9-4/h5-8H,1-4H3/b6-5-. The van der Waals surface area contributed by atoms with Crippen LogP contribution in [0.25, 0.3) is 0 Å². The topological polar surface area (TPSA) is 9.23 Å². The lowest BCUT2D eigenvalue weighted by Crippen LogP contribution is -1.98. The highest BCUT2D eigenvalue weighted by molar-refractivity contribution is 4.81. The number of rotatable bonds is 3. The Morgan fingerprint density at radius 1 is 1.22 bits per heavy atom. The molecule has 0 aliphatic heterocycles. The molecule has 0 saturated carbocycles. The van der Waals surface area contributed by atoms with Gasteiger partial charge in [0.15, 0.2) is 0 Å². The van der Waals surface area contributed by atoms with Crippen LogP contribution in [0.4, 0.5) is 0 Å². The summed E-state index contributed by atoms with van der Waals surface area (Å²) in [6, 6.07) is 0. The van der Waals surface area contributed by atoms with Gasteiger partial charge in [-0.15, -0.1) is 0 Å². The van der Waals surface area contributed by atoms with Crippen LogP contribution in [0.1, 0.15) is 20.8 Å². The normalized spacial score (nSPS) is 14.8. The summed E-state index contributed by atoms with van der Waals surface area (Å²) < 4.78 is 4.78. The van der Waals surface area contributed by atoms with Crippen LogP contribution < -0.4 is 0 Å². The van der Waals surface area contributed by atoms with E-state index in [2.05, 4.69) is 26.8 Å². The van der Waals surface area contributed by atoms with Crippen LogP contribution in [-0.2, 0) is 4.74 Å². The van der Waals surface area contributed by atoms with E-state index in [-0.39, 0.29) is 0 Å². The first kappa shape index (κ1) is 8.54. The van der Waals surface area contributed by atoms with Gasteiger partial charge in [0.05, 0.1) is 13.4 Å². The number of hydrogen-bond donors (Lipinski definition) is 0. The summed E-state index contributed by atoms with van der Waals surface area (Å²) in [4.78, 5) is 0. The number of ether oxygens (including phenoxy) is 1. The molecule has 0 spiro atoms. The van der Waals surface area contributed by atoms with Crippen molar-refractivity contribution in [2.45, 2.75) is 20.8 Å². The summed E-state index contributed by atoms with van der Waals surface area (Å²) in [5.41, 5.74) is 0. The summed E-state index contributed by atoms with van der Waals surface area (Å²) in [7, 11) is 1.67. The maximum atomic E-state index is 4.78. The molecular formula is C8H16O. The maximum Gasteiger partial charge on any atom is 0.0787 e. The fourth-order valence-electron chi connectivity index (χ4n) is 0.425. The van der Waals surface area contributed by atoms with Crippen molar-refractivity contribution < 1.29 is 4.74 Å². The van der Waals surface area contributed by atoms with Crippen molar-refractivity contribution in [2.75, 3.05) is 7.11 Å². The van der Waals surface area contributed by atoms with Crippen LogP contribution in [0.3, 0.4) is 0 Å². The van der Waals surface area contributed by atoms with Crippen molar-refractivity contribution in [1.29, 1.82) is 0 Å². The zero-order valence-electron chi connectivity index (χ0n) is 6.72. The Balaban J connectivity index is 3.48. The first-order chi connectivity index (χ1) is 4.18. The van der Waals surface area contributed by atoms with Gasteiger partial charge in [-0.2, -0.15) is 0 Å². The van der Waals surface area contributed by atoms with E-state index in [1.165, 1.54) is 0 Å². The predicted molar refractivity (Wildman–Crippen MR) is 40.2 cm³/mol. The maximum absolute atomic E-state index is 4.78. The fraction of sp³-hybridized carbons (Fsp3) is 0.750. The van der Waals surface area contributed by atoms with E-state index in [1.807, 2.05) is 0 Å². The molecule has 1 nitrogen and oxygen atoms in total. The van der Waals surface area contributed by atoms with Gasteiger partial charge in [-0.05, 0) is 17.9 Å². The van der Waals surface area contributed by atoms with Crippen molar-refractivity contribution in [3.63, 3.8) is 0 Å². The SMILES string of the molecule is CO/C=C\C(C)C(C)C. The van der Waals surface area contributed by atoms with Crippen molar-refractivity contribution in [3.05, 3.63) is 12.3 Å². The molecule has 0 fully saturated rings. The van der Waals surface area contributed by atoms with E-state index in [1.54, 1.807) is 13.4 Å². The Bertz CT molecular complexity index is 84.6. The fourth-order valence-corrected chi connectivity index (χ4v) is 0.425. The predicted octanol–water partition coefficient (Wildman–Crippen LogP) is 2.44. The molecule has 0 radical (unpaired) electrons. The Kier molecular flexibility index (Phi) is 4.20. The zero-order valence-corrected chi connectivity index (χ0v) is 6.72. The number of methoxy groups -OCH3 is 1. The third-order valence-electron chi connectivity index (χ3n) is 1.57. The van der Waals surface area contributed by atoms with Crippen molar-refractivity contribution in [1.82, 2.24) is 0 Å². The highest BCUT2D eigenvalue weighted by Gasteiger charge is 2.00. The summed E-state index contributed by atoms with van der Waals surface area (Å²) in [6.45, 7) is 6.58. The second kappa shape index (κ2) is 4.42. The minimum absolute atomic E-state index is 0.616. The zero-order chi connectivity index (χ0) is 7.28. The van der Waals surface area contributed by atoms with E-state index >= 15 is 0 Å². The van der Waals surface area contributed by atoms with Crippen LogP contribution in [0.5, 0.6) is 0 Å². The van der Waals surface area contributed by atoms with E-state index < -0.39 is 0 Å². The number of allylic oxidation sites excluding steroid dienone is 1. The molecule has 0 aliphatic rings. The number of hydrogen-bond acceptors (Lipinski definition) is 1. The molecule has 1 heteroatoms. The van der Waals surface area contributed by atoms with E-state index in [0.717, 1.165) is 0 Å². The smallest absolute Gasteiger partial charge is 0.0787 e. The largest absolute Gasteiger partial charge is 0.505 e. The van der Waals surface area contributed by atoms with Crippen LogP contribution in [0.2, 0.25) is 0 Å². The molecule has 0 amide bonds. The highest BCUT2D eigenvalue weighted by atomic mass is 16.5. The monoisotopic (exact) mass is 128 g/mol. The quantitative estimate of drug-likeness (QED) is 0.530. The van der Waals surface area contributed by atoms with Gasteiger partial charge in [-0.25, -0.2) is 0 Å². The Labute approximate surface area is 57.7 Å². The molecule has 0 saturated heterocycles. The van der Waals surface area contributed by atoms with E-state index in [4.69, 9.17) is 4.74 Å². The molecule has 0 aromatic rings. The molecule has 54 valence electrons. The molecule has 0 N–H and O–H groups in total. The van der Waals surface area contributed by atoms with Gasteiger partial charge in [0.1, 0.15) is 0 Å². The van der Waals surface area contributed by atoms with Crippen LogP contribution >= 0.6 is 0 Å².